The first-order valence-corrected chi connectivity index (χ1v) is 9.35. The summed E-state index contributed by atoms with van der Waals surface area (Å²) in [5.41, 5.74) is 1.80. The lowest BCUT2D eigenvalue weighted by Gasteiger charge is -2.36. The number of nitrogens with zero attached hydrogens (tertiary/aromatic N) is 2. The van der Waals surface area contributed by atoms with Crippen LogP contribution in [0.4, 0.5) is 0 Å². The van der Waals surface area contributed by atoms with Gasteiger partial charge in [-0.05, 0) is 51.3 Å². The largest absolute Gasteiger partial charge is 0.342 e. The first-order chi connectivity index (χ1) is 12.1. The summed E-state index contributed by atoms with van der Waals surface area (Å²) in [5, 5.41) is 3.41. The van der Waals surface area contributed by atoms with Crippen LogP contribution < -0.4 is 11.0 Å². The zero-order valence-electron chi connectivity index (χ0n) is 15.1. The number of aromatic amines is 1. The van der Waals surface area contributed by atoms with Crippen molar-refractivity contribution >= 4 is 29.3 Å². The van der Waals surface area contributed by atoms with Crippen LogP contribution in [-0.2, 0) is 4.79 Å². The number of rotatable bonds is 2. The Labute approximate surface area is 159 Å². The van der Waals surface area contributed by atoms with Gasteiger partial charge in [-0.25, -0.2) is 4.79 Å². The number of nitrogens with one attached hydrogen (secondary N) is 2. The highest BCUT2D eigenvalue weighted by atomic mass is 35.5. The van der Waals surface area contributed by atoms with Crippen LogP contribution in [0.5, 0.6) is 0 Å². The average molecular weight is 379 g/mol. The molecule has 3 heterocycles. The Hall–Kier alpha value is -1.79. The Kier molecular flexibility index (Phi) is 5.73. The van der Waals surface area contributed by atoms with Crippen LogP contribution in [0, 0.1) is 5.92 Å². The van der Waals surface area contributed by atoms with E-state index in [1.807, 2.05) is 33.7 Å². The van der Waals surface area contributed by atoms with Crippen molar-refractivity contribution in [2.24, 2.45) is 5.92 Å². The molecule has 2 aliphatic rings. The lowest BCUT2D eigenvalue weighted by molar-refractivity contribution is -0.138. The van der Waals surface area contributed by atoms with Gasteiger partial charge >= 0.3 is 5.69 Å². The Morgan fingerprint density at radius 1 is 1.15 bits per heavy atom. The number of para-hydroxylation sites is 2. The highest BCUT2D eigenvalue weighted by Gasteiger charge is 2.31. The molecule has 6 nitrogen and oxygen atoms in total. The van der Waals surface area contributed by atoms with Crippen molar-refractivity contribution in [1.29, 1.82) is 0 Å². The van der Waals surface area contributed by atoms with Gasteiger partial charge in [0.05, 0.1) is 11.0 Å². The van der Waals surface area contributed by atoms with Gasteiger partial charge in [-0.15, -0.1) is 12.4 Å². The Morgan fingerprint density at radius 3 is 2.62 bits per heavy atom. The fraction of sp³-hybridized carbons (Fsp3) is 0.579. The van der Waals surface area contributed by atoms with Crippen molar-refractivity contribution in [1.82, 2.24) is 19.8 Å². The maximum atomic E-state index is 12.8. The molecule has 2 fully saturated rings. The molecule has 1 amide bonds. The van der Waals surface area contributed by atoms with Crippen LogP contribution >= 0.6 is 12.4 Å². The van der Waals surface area contributed by atoms with E-state index in [-0.39, 0.29) is 30.1 Å². The van der Waals surface area contributed by atoms with Crippen LogP contribution in [0.15, 0.2) is 29.1 Å². The van der Waals surface area contributed by atoms with Crippen LogP contribution in [0.3, 0.4) is 0 Å². The molecule has 2 aliphatic heterocycles. The number of likely N-dealkylation sites (tertiary alicyclic amines) is 1. The van der Waals surface area contributed by atoms with Crippen LogP contribution in [-0.4, -0.2) is 46.0 Å². The molecule has 0 radical (unpaired) electrons. The minimum absolute atomic E-state index is 0. The summed E-state index contributed by atoms with van der Waals surface area (Å²) in [6.45, 7) is 4.56. The van der Waals surface area contributed by atoms with E-state index in [1.165, 1.54) is 0 Å². The van der Waals surface area contributed by atoms with E-state index < -0.39 is 0 Å². The van der Waals surface area contributed by atoms with Crippen LogP contribution in [0.2, 0.25) is 0 Å². The van der Waals surface area contributed by atoms with Crippen LogP contribution in [0.25, 0.3) is 11.0 Å². The fourth-order valence-electron chi connectivity index (χ4n) is 4.40. The third kappa shape index (κ3) is 3.53. The van der Waals surface area contributed by atoms with Crippen molar-refractivity contribution in [2.45, 2.75) is 44.7 Å². The second-order valence-corrected chi connectivity index (χ2v) is 7.45. The number of halogens is 1. The highest BCUT2D eigenvalue weighted by molar-refractivity contribution is 5.85. The lowest BCUT2D eigenvalue weighted by Crippen LogP contribution is -2.47. The number of amides is 1. The van der Waals surface area contributed by atoms with Gasteiger partial charge in [-0.1, -0.05) is 12.1 Å². The van der Waals surface area contributed by atoms with E-state index in [0.29, 0.717) is 11.9 Å². The molecule has 4 rings (SSSR count). The summed E-state index contributed by atoms with van der Waals surface area (Å²) in [6.07, 6.45) is 3.55. The first kappa shape index (κ1) is 19.0. The standard InChI is InChI=1S/C19H26N4O2.ClH/c1-13-12-14(6-9-20-13)18(24)22-10-7-15(8-11-22)23-17-5-3-2-4-16(17)21-19(23)25;/h2-5,13-15,20H,6-12H2,1H3,(H,21,25);1H/t13-,14-;/m0./s1. The Morgan fingerprint density at radius 2 is 1.88 bits per heavy atom. The van der Waals surface area contributed by atoms with E-state index in [2.05, 4.69) is 17.2 Å². The Balaban J connectivity index is 0.00000196. The molecule has 2 atom stereocenters. The molecule has 0 saturated carbocycles. The minimum atomic E-state index is -0.0434. The molecule has 0 aliphatic carbocycles. The van der Waals surface area contributed by atoms with Gasteiger partial charge in [-0.2, -0.15) is 0 Å². The molecular formula is C19H27ClN4O2. The summed E-state index contributed by atoms with van der Waals surface area (Å²) in [6, 6.07) is 8.41. The summed E-state index contributed by atoms with van der Waals surface area (Å²) in [4.78, 5) is 30.1. The maximum absolute atomic E-state index is 12.8. The zero-order valence-corrected chi connectivity index (χ0v) is 15.9. The van der Waals surface area contributed by atoms with Crippen molar-refractivity contribution in [2.75, 3.05) is 19.6 Å². The number of aromatic nitrogens is 2. The van der Waals surface area contributed by atoms with Crippen molar-refractivity contribution < 1.29 is 4.79 Å². The number of carbonyl (C=O) groups excluding carboxylic acids is 1. The van der Waals surface area contributed by atoms with E-state index in [4.69, 9.17) is 0 Å². The van der Waals surface area contributed by atoms with Gasteiger partial charge < -0.3 is 15.2 Å². The number of H-pyrrole nitrogens is 1. The van der Waals surface area contributed by atoms with Crippen molar-refractivity contribution in [3.63, 3.8) is 0 Å². The molecule has 142 valence electrons. The van der Waals surface area contributed by atoms with Gasteiger partial charge in [0.15, 0.2) is 0 Å². The smallest absolute Gasteiger partial charge is 0.326 e. The zero-order chi connectivity index (χ0) is 17.4. The van der Waals surface area contributed by atoms with E-state index in [1.54, 1.807) is 0 Å². The van der Waals surface area contributed by atoms with Gasteiger partial charge in [0.1, 0.15) is 0 Å². The summed E-state index contributed by atoms with van der Waals surface area (Å²) in [5.74, 6) is 0.460. The van der Waals surface area contributed by atoms with Crippen molar-refractivity contribution in [3.05, 3.63) is 34.7 Å². The number of hydrogen-bond acceptors (Lipinski definition) is 3. The van der Waals surface area contributed by atoms with Gasteiger partial charge in [-0.3, -0.25) is 9.36 Å². The number of benzene rings is 1. The lowest BCUT2D eigenvalue weighted by atomic mass is 9.91. The molecule has 2 aromatic rings. The number of hydrogen-bond donors (Lipinski definition) is 2. The predicted octanol–water partition coefficient (Wildman–Crippen LogP) is 2.30. The number of fused-ring (bicyclic) bond motifs is 1. The molecule has 0 unspecified atom stereocenters. The summed E-state index contributed by atoms with van der Waals surface area (Å²) in [7, 11) is 0. The van der Waals surface area contributed by atoms with E-state index >= 15 is 0 Å². The van der Waals surface area contributed by atoms with Gasteiger partial charge in [0.2, 0.25) is 5.91 Å². The molecule has 26 heavy (non-hydrogen) atoms. The number of carbonyl (C=O) groups is 1. The van der Waals surface area contributed by atoms with E-state index in [0.717, 1.165) is 56.4 Å². The number of imidazole rings is 1. The van der Waals surface area contributed by atoms with Crippen LogP contribution in [0.1, 0.15) is 38.6 Å². The molecular weight excluding hydrogens is 352 g/mol. The normalized spacial score (nSPS) is 24.4. The second kappa shape index (κ2) is 7.84. The number of piperidine rings is 2. The first-order valence-electron chi connectivity index (χ1n) is 9.35. The van der Waals surface area contributed by atoms with Crippen molar-refractivity contribution in [3.8, 4) is 0 Å². The van der Waals surface area contributed by atoms with Gasteiger partial charge in [0.25, 0.3) is 0 Å². The fourth-order valence-corrected chi connectivity index (χ4v) is 4.40. The topological polar surface area (TPSA) is 70.1 Å². The third-order valence-corrected chi connectivity index (χ3v) is 5.74. The summed E-state index contributed by atoms with van der Waals surface area (Å²) >= 11 is 0. The second-order valence-electron chi connectivity index (χ2n) is 7.45. The van der Waals surface area contributed by atoms with Gasteiger partial charge in [0, 0.05) is 31.1 Å². The predicted molar refractivity (Wildman–Crippen MR) is 105 cm³/mol. The average Bonchev–Trinajstić information content (AvgIpc) is 2.97. The maximum Gasteiger partial charge on any atom is 0.326 e. The SMILES string of the molecule is C[C@H]1C[C@@H](C(=O)N2CCC(n3c(=O)[nH]c4ccccc43)CC2)CCN1.Cl. The third-order valence-electron chi connectivity index (χ3n) is 5.74. The Bertz CT molecular complexity index is 822. The monoisotopic (exact) mass is 378 g/mol. The molecule has 0 spiro atoms. The molecule has 1 aromatic carbocycles. The molecule has 2 N–H and O–H groups in total. The molecule has 2 saturated heterocycles. The summed E-state index contributed by atoms with van der Waals surface area (Å²) < 4.78 is 1.88. The van der Waals surface area contributed by atoms with E-state index in [9.17, 15) is 9.59 Å². The molecule has 7 heteroatoms. The molecule has 1 aromatic heterocycles. The highest BCUT2D eigenvalue weighted by Crippen LogP contribution is 2.27. The molecule has 0 bridgehead atoms. The quantitative estimate of drug-likeness (QED) is 0.842. The minimum Gasteiger partial charge on any atom is -0.342 e.